The van der Waals surface area contributed by atoms with Crippen LogP contribution in [-0.4, -0.2) is 18.2 Å². The molecule has 5 heteroatoms. The Morgan fingerprint density at radius 2 is 1.94 bits per heavy atom. The molecule has 0 aromatic heterocycles. The molecule has 0 bridgehead atoms. The number of methoxy groups -OCH3 is 1. The van der Waals surface area contributed by atoms with Gasteiger partial charge in [0.05, 0.1) is 7.11 Å². The highest BCUT2D eigenvalue weighted by Crippen LogP contribution is 2.36. The maximum absolute atomic E-state index is 13.9. The number of benzene rings is 1. The van der Waals surface area contributed by atoms with Crippen LogP contribution in [0.5, 0.6) is 5.75 Å². The van der Waals surface area contributed by atoms with Crippen molar-refractivity contribution in [3.8, 4) is 5.75 Å². The van der Waals surface area contributed by atoms with Gasteiger partial charge in [-0.2, -0.15) is 0 Å². The summed E-state index contributed by atoms with van der Waals surface area (Å²) in [5.74, 6) is -4.16. The Labute approximate surface area is 104 Å². The number of aliphatic carboxylic acids is 1. The van der Waals surface area contributed by atoms with Gasteiger partial charge in [-0.1, -0.05) is 6.92 Å². The summed E-state index contributed by atoms with van der Waals surface area (Å²) < 4.78 is 32.6. The van der Waals surface area contributed by atoms with Gasteiger partial charge in [0, 0.05) is 18.4 Å². The molecule has 1 N–H and O–H groups in total. The first-order valence-corrected chi connectivity index (χ1v) is 5.59. The lowest BCUT2D eigenvalue weighted by Crippen LogP contribution is -2.19. The summed E-state index contributed by atoms with van der Waals surface area (Å²) in [6.07, 6.45) is -0.739. The Bertz CT molecular complexity index is 401. The fourth-order valence-corrected chi connectivity index (χ4v) is 1.76. The highest BCUT2D eigenvalue weighted by atomic mass is 19.3. The van der Waals surface area contributed by atoms with Crippen LogP contribution < -0.4 is 4.74 Å². The summed E-state index contributed by atoms with van der Waals surface area (Å²) in [6, 6.07) is 5.52. The van der Waals surface area contributed by atoms with E-state index in [0.29, 0.717) is 5.75 Å². The van der Waals surface area contributed by atoms with Gasteiger partial charge >= 0.3 is 5.97 Å². The van der Waals surface area contributed by atoms with Gasteiger partial charge in [-0.15, -0.1) is 0 Å². The van der Waals surface area contributed by atoms with E-state index in [1.54, 1.807) is 0 Å². The number of alkyl halides is 2. The number of carboxylic acids is 1. The molecule has 1 rings (SSSR count). The van der Waals surface area contributed by atoms with Gasteiger partial charge in [-0.05, 0) is 30.2 Å². The van der Waals surface area contributed by atoms with Crippen molar-refractivity contribution < 1.29 is 23.4 Å². The normalized spacial score (nSPS) is 13.1. The van der Waals surface area contributed by atoms with E-state index in [2.05, 4.69) is 0 Å². The number of hydrogen-bond acceptors (Lipinski definition) is 2. The number of ether oxygens (including phenoxy) is 1. The molecule has 0 fully saturated rings. The summed E-state index contributed by atoms with van der Waals surface area (Å²) in [6.45, 7) is 1.51. The number of hydrogen-bond donors (Lipinski definition) is 1. The van der Waals surface area contributed by atoms with Crippen LogP contribution in [0.1, 0.15) is 25.3 Å². The van der Waals surface area contributed by atoms with Crippen LogP contribution in [0.15, 0.2) is 24.3 Å². The maximum atomic E-state index is 13.9. The first kappa shape index (κ1) is 14.4. The van der Waals surface area contributed by atoms with E-state index in [4.69, 9.17) is 9.84 Å². The first-order chi connectivity index (χ1) is 8.35. The second kappa shape index (κ2) is 5.80. The highest BCUT2D eigenvalue weighted by Gasteiger charge is 2.33. The molecule has 0 aliphatic carbocycles. The molecular weight excluding hydrogens is 242 g/mol. The quantitative estimate of drug-likeness (QED) is 0.851. The lowest BCUT2D eigenvalue weighted by atomic mass is 9.95. The third kappa shape index (κ3) is 3.98. The van der Waals surface area contributed by atoms with Gasteiger partial charge in [0.1, 0.15) is 5.75 Å². The third-order valence-corrected chi connectivity index (χ3v) is 2.64. The fourth-order valence-electron chi connectivity index (χ4n) is 1.76. The molecule has 1 aromatic rings. The zero-order valence-corrected chi connectivity index (χ0v) is 10.3. The molecule has 1 atom stereocenters. The molecule has 1 aromatic carbocycles. The predicted octanol–water partition coefficient (Wildman–Crippen LogP) is 3.29. The van der Waals surface area contributed by atoms with E-state index >= 15 is 0 Å². The Kier molecular flexibility index (Phi) is 4.64. The van der Waals surface area contributed by atoms with Gasteiger partial charge in [0.15, 0.2) is 0 Å². The second-order valence-corrected chi connectivity index (χ2v) is 4.34. The molecule has 18 heavy (non-hydrogen) atoms. The summed E-state index contributed by atoms with van der Waals surface area (Å²) in [4.78, 5) is 10.5. The number of halogens is 2. The Balaban J connectivity index is 2.74. The Hall–Kier alpha value is -1.65. The van der Waals surface area contributed by atoms with Gasteiger partial charge in [0.2, 0.25) is 0 Å². The van der Waals surface area contributed by atoms with Crippen LogP contribution in [0.4, 0.5) is 8.78 Å². The predicted molar refractivity (Wildman–Crippen MR) is 62.9 cm³/mol. The molecule has 0 radical (unpaired) electrons. The van der Waals surface area contributed by atoms with E-state index in [9.17, 15) is 13.6 Å². The highest BCUT2D eigenvalue weighted by molar-refractivity contribution is 5.66. The standard InChI is InChI=1S/C13H16F2O3/c1-9(7-12(16)17)8-13(14,15)10-3-5-11(18-2)6-4-10/h3-6,9H,7-8H2,1-2H3,(H,16,17). The second-order valence-electron chi connectivity index (χ2n) is 4.34. The van der Waals surface area contributed by atoms with Crippen molar-refractivity contribution >= 4 is 5.97 Å². The van der Waals surface area contributed by atoms with Gasteiger partial charge in [-0.3, -0.25) is 4.79 Å². The first-order valence-electron chi connectivity index (χ1n) is 5.59. The summed E-state index contributed by atoms with van der Waals surface area (Å²) in [7, 11) is 1.46. The molecule has 0 spiro atoms. The van der Waals surface area contributed by atoms with E-state index < -0.39 is 24.2 Å². The van der Waals surface area contributed by atoms with Gasteiger partial charge in [0.25, 0.3) is 5.92 Å². The lowest BCUT2D eigenvalue weighted by molar-refractivity contribution is -0.138. The zero-order chi connectivity index (χ0) is 13.8. The van der Waals surface area contributed by atoms with Gasteiger partial charge in [-0.25, -0.2) is 8.78 Å². The number of carboxylic acid groups (broad SMARTS) is 1. The smallest absolute Gasteiger partial charge is 0.303 e. The fraction of sp³-hybridized carbons (Fsp3) is 0.462. The molecule has 0 aliphatic heterocycles. The molecule has 100 valence electrons. The monoisotopic (exact) mass is 258 g/mol. The molecule has 3 nitrogen and oxygen atoms in total. The maximum Gasteiger partial charge on any atom is 0.303 e. The van der Waals surface area contributed by atoms with E-state index in [1.807, 2.05) is 0 Å². The minimum Gasteiger partial charge on any atom is -0.497 e. The van der Waals surface area contributed by atoms with Crippen LogP contribution in [-0.2, 0) is 10.7 Å². The molecular formula is C13H16F2O3. The van der Waals surface area contributed by atoms with Crippen molar-refractivity contribution in [1.82, 2.24) is 0 Å². The summed E-state index contributed by atoms with van der Waals surface area (Å²) >= 11 is 0. The third-order valence-electron chi connectivity index (χ3n) is 2.64. The minimum atomic E-state index is -3.03. The van der Waals surface area contributed by atoms with Crippen LogP contribution in [0.3, 0.4) is 0 Å². The van der Waals surface area contributed by atoms with Crippen LogP contribution >= 0.6 is 0 Å². The molecule has 0 saturated heterocycles. The lowest BCUT2D eigenvalue weighted by Gasteiger charge is -2.20. The average Bonchev–Trinajstić information content (AvgIpc) is 2.27. The Morgan fingerprint density at radius 3 is 2.39 bits per heavy atom. The molecule has 1 unspecified atom stereocenters. The van der Waals surface area contributed by atoms with Gasteiger partial charge < -0.3 is 9.84 Å². The number of rotatable bonds is 6. The van der Waals surface area contributed by atoms with Crippen LogP contribution in [0.25, 0.3) is 0 Å². The van der Waals surface area contributed by atoms with E-state index in [1.165, 1.54) is 38.3 Å². The van der Waals surface area contributed by atoms with Crippen LogP contribution in [0.2, 0.25) is 0 Å². The topological polar surface area (TPSA) is 46.5 Å². The molecule has 0 aliphatic rings. The molecule has 0 heterocycles. The molecule has 0 saturated carbocycles. The van der Waals surface area contributed by atoms with Crippen molar-refractivity contribution in [3.05, 3.63) is 29.8 Å². The summed E-state index contributed by atoms with van der Waals surface area (Å²) in [5, 5.41) is 8.56. The van der Waals surface area contributed by atoms with E-state index in [-0.39, 0.29) is 12.0 Å². The number of carbonyl (C=O) groups is 1. The van der Waals surface area contributed by atoms with Crippen molar-refractivity contribution in [2.45, 2.75) is 25.7 Å². The van der Waals surface area contributed by atoms with Crippen molar-refractivity contribution in [1.29, 1.82) is 0 Å². The van der Waals surface area contributed by atoms with Crippen molar-refractivity contribution in [2.24, 2.45) is 5.92 Å². The largest absolute Gasteiger partial charge is 0.497 e. The Morgan fingerprint density at radius 1 is 1.39 bits per heavy atom. The minimum absolute atomic E-state index is 0.125. The van der Waals surface area contributed by atoms with Crippen LogP contribution in [0, 0.1) is 5.92 Å². The molecule has 0 amide bonds. The van der Waals surface area contributed by atoms with Crippen molar-refractivity contribution in [2.75, 3.05) is 7.11 Å². The summed E-state index contributed by atoms with van der Waals surface area (Å²) in [5.41, 5.74) is -0.125. The average molecular weight is 258 g/mol. The van der Waals surface area contributed by atoms with E-state index in [0.717, 1.165) is 0 Å². The zero-order valence-electron chi connectivity index (χ0n) is 10.3. The van der Waals surface area contributed by atoms with Crippen molar-refractivity contribution in [3.63, 3.8) is 0 Å². The SMILES string of the molecule is COc1ccc(C(F)(F)CC(C)CC(=O)O)cc1.